The Morgan fingerprint density at radius 2 is 1.89 bits per heavy atom. The molecule has 0 amide bonds. The molecule has 5 heteroatoms. The summed E-state index contributed by atoms with van der Waals surface area (Å²) in [5.41, 5.74) is 0.453. The van der Waals surface area contributed by atoms with Crippen LogP contribution in [-0.4, -0.2) is 0 Å². The number of halogens is 4. The van der Waals surface area contributed by atoms with Crippen LogP contribution in [0.2, 0.25) is 10.0 Å². The third-order valence-electron chi connectivity index (χ3n) is 2.29. The Morgan fingerprint density at radius 1 is 1.11 bits per heavy atom. The van der Waals surface area contributed by atoms with E-state index in [0.29, 0.717) is 25.8 Å². The molecule has 1 nitrogen and oxygen atoms in total. The molecule has 0 aliphatic rings. The first kappa shape index (κ1) is 13.7. The lowest BCUT2D eigenvalue weighted by Gasteiger charge is -2.09. The summed E-state index contributed by atoms with van der Waals surface area (Å²) in [6.07, 6.45) is 0. The van der Waals surface area contributed by atoms with Gasteiger partial charge >= 0.3 is 0 Å². The van der Waals surface area contributed by atoms with Gasteiger partial charge in [-0.1, -0.05) is 45.2 Å². The van der Waals surface area contributed by atoms with Gasteiger partial charge in [-0.05, 0) is 24.3 Å². The van der Waals surface area contributed by atoms with Gasteiger partial charge in [-0.2, -0.15) is 0 Å². The maximum atomic E-state index is 13.6. The Labute approximate surface area is 123 Å². The van der Waals surface area contributed by atoms with Gasteiger partial charge in [-0.25, -0.2) is 4.39 Å². The molecule has 2 aromatic carbocycles. The Hall–Kier alpha value is -0.770. The summed E-state index contributed by atoms with van der Waals surface area (Å²) in [4.78, 5) is 0. The molecule has 0 atom stereocenters. The lowest BCUT2D eigenvalue weighted by Crippen LogP contribution is -1.98. The smallest absolute Gasteiger partial charge is 0.139 e. The van der Waals surface area contributed by atoms with Crippen molar-refractivity contribution in [2.45, 2.75) is 6.61 Å². The van der Waals surface area contributed by atoms with Crippen LogP contribution in [0.1, 0.15) is 5.56 Å². The molecule has 0 aromatic heterocycles. The molecule has 2 aromatic rings. The van der Waals surface area contributed by atoms with Gasteiger partial charge in [0.15, 0.2) is 0 Å². The average Bonchev–Trinajstić information content (AvgIpc) is 2.32. The minimum Gasteiger partial charge on any atom is -0.487 e. The Kier molecular flexibility index (Phi) is 4.49. The standard InChI is InChI=1S/C13H8BrCl2FO/c14-9-2-1-8(12(17)5-9)7-18-13-6-10(15)3-4-11(13)16/h1-6H,7H2. The van der Waals surface area contributed by atoms with Crippen LogP contribution in [0.4, 0.5) is 4.39 Å². The van der Waals surface area contributed by atoms with Crippen molar-refractivity contribution in [3.63, 3.8) is 0 Å². The van der Waals surface area contributed by atoms with E-state index in [-0.39, 0.29) is 12.4 Å². The van der Waals surface area contributed by atoms with E-state index in [4.69, 9.17) is 27.9 Å². The molecule has 0 spiro atoms. The van der Waals surface area contributed by atoms with Gasteiger partial charge < -0.3 is 4.74 Å². The largest absolute Gasteiger partial charge is 0.487 e. The Bertz CT molecular complexity index is 575. The summed E-state index contributed by atoms with van der Waals surface area (Å²) in [5.74, 6) is 0.106. The zero-order chi connectivity index (χ0) is 13.1. The van der Waals surface area contributed by atoms with E-state index in [2.05, 4.69) is 15.9 Å². The number of hydrogen-bond acceptors (Lipinski definition) is 1. The molecule has 0 N–H and O–H groups in total. The Morgan fingerprint density at radius 3 is 2.61 bits per heavy atom. The number of ether oxygens (including phenoxy) is 1. The molecule has 0 saturated heterocycles. The normalized spacial score (nSPS) is 10.4. The van der Waals surface area contributed by atoms with Crippen molar-refractivity contribution < 1.29 is 9.13 Å². The topological polar surface area (TPSA) is 9.23 Å². The maximum absolute atomic E-state index is 13.6. The number of hydrogen-bond donors (Lipinski definition) is 0. The van der Waals surface area contributed by atoms with Crippen molar-refractivity contribution in [3.05, 3.63) is 62.3 Å². The van der Waals surface area contributed by atoms with Crippen LogP contribution in [-0.2, 0) is 6.61 Å². The molecule has 0 unspecified atom stereocenters. The highest BCUT2D eigenvalue weighted by Crippen LogP contribution is 2.28. The van der Waals surface area contributed by atoms with Crippen molar-refractivity contribution in [3.8, 4) is 5.75 Å². The molecule has 94 valence electrons. The minimum atomic E-state index is -0.331. The zero-order valence-electron chi connectivity index (χ0n) is 9.09. The summed E-state index contributed by atoms with van der Waals surface area (Å²) in [6, 6.07) is 9.69. The molecule has 0 heterocycles. The highest BCUT2D eigenvalue weighted by Gasteiger charge is 2.06. The quantitative estimate of drug-likeness (QED) is 0.713. The van der Waals surface area contributed by atoms with Gasteiger partial charge in [-0.3, -0.25) is 0 Å². The van der Waals surface area contributed by atoms with E-state index in [1.54, 1.807) is 30.3 Å². The summed E-state index contributed by atoms with van der Waals surface area (Å²) >= 11 is 15.0. The molecule has 0 aliphatic carbocycles. The van der Waals surface area contributed by atoms with Gasteiger partial charge in [0.05, 0.1) is 5.02 Å². The van der Waals surface area contributed by atoms with Crippen LogP contribution in [0, 0.1) is 5.82 Å². The second-order valence-electron chi connectivity index (χ2n) is 3.60. The molecule has 0 radical (unpaired) electrons. The molecular weight excluding hydrogens is 342 g/mol. The van der Waals surface area contributed by atoms with Gasteiger partial charge in [0.25, 0.3) is 0 Å². The van der Waals surface area contributed by atoms with Crippen molar-refractivity contribution in [1.29, 1.82) is 0 Å². The summed E-state index contributed by atoms with van der Waals surface area (Å²) in [7, 11) is 0. The summed E-state index contributed by atoms with van der Waals surface area (Å²) in [5, 5.41) is 0.961. The first-order chi connectivity index (χ1) is 8.56. The SMILES string of the molecule is Fc1cc(Br)ccc1COc1cc(Cl)ccc1Cl. The first-order valence-electron chi connectivity index (χ1n) is 5.08. The van der Waals surface area contributed by atoms with Crippen LogP contribution >= 0.6 is 39.1 Å². The van der Waals surface area contributed by atoms with Crippen LogP contribution in [0.15, 0.2) is 40.9 Å². The van der Waals surface area contributed by atoms with E-state index in [1.807, 2.05) is 0 Å². The van der Waals surface area contributed by atoms with Crippen LogP contribution < -0.4 is 4.74 Å². The molecule has 0 fully saturated rings. The van der Waals surface area contributed by atoms with Crippen molar-refractivity contribution in [2.24, 2.45) is 0 Å². The highest BCUT2D eigenvalue weighted by atomic mass is 79.9. The molecule has 18 heavy (non-hydrogen) atoms. The van der Waals surface area contributed by atoms with Crippen LogP contribution in [0.3, 0.4) is 0 Å². The van der Waals surface area contributed by atoms with Gasteiger partial charge in [-0.15, -0.1) is 0 Å². The fraction of sp³-hybridized carbons (Fsp3) is 0.0769. The van der Waals surface area contributed by atoms with Gasteiger partial charge in [0.2, 0.25) is 0 Å². The number of benzene rings is 2. The first-order valence-corrected chi connectivity index (χ1v) is 6.63. The van der Waals surface area contributed by atoms with E-state index in [0.717, 1.165) is 0 Å². The van der Waals surface area contributed by atoms with Crippen molar-refractivity contribution >= 4 is 39.1 Å². The van der Waals surface area contributed by atoms with Crippen molar-refractivity contribution in [2.75, 3.05) is 0 Å². The fourth-order valence-corrected chi connectivity index (χ4v) is 2.05. The molecule has 2 rings (SSSR count). The third kappa shape index (κ3) is 3.37. The number of rotatable bonds is 3. The maximum Gasteiger partial charge on any atom is 0.139 e. The van der Waals surface area contributed by atoms with Crippen LogP contribution in [0.25, 0.3) is 0 Å². The predicted molar refractivity (Wildman–Crippen MR) is 74.9 cm³/mol. The lowest BCUT2D eigenvalue weighted by atomic mass is 10.2. The van der Waals surface area contributed by atoms with E-state index in [9.17, 15) is 4.39 Å². The molecule has 0 bridgehead atoms. The van der Waals surface area contributed by atoms with Crippen molar-refractivity contribution in [1.82, 2.24) is 0 Å². The third-order valence-corrected chi connectivity index (χ3v) is 3.33. The van der Waals surface area contributed by atoms with E-state index in [1.165, 1.54) is 6.07 Å². The zero-order valence-corrected chi connectivity index (χ0v) is 12.2. The second-order valence-corrected chi connectivity index (χ2v) is 5.36. The van der Waals surface area contributed by atoms with Gasteiger partial charge in [0.1, 0.15) is 18.2 Å². The molecule has 0 aliphatic heterocycles. The minimum absolute atomic E-state index is 0.0964. The lowest BCUT2D eigenvalue weighted by molar-refractivity contribution is 0.300. The Balaban J connectivity index is 2.13. The molecular formula is C13H8BrCl2FO. The highest BCUT2D eigenvalue weighted by molar-refractivity contribution is 9.10. The second kappa shape index (κ2) is 5.91. The summed E-state index contributed by atoms with van der Waals surface area (Å²) in [6.45, 7) is 0.0964. The monoisotopic (exact) mass is 348 g/mol. The van der Waals surface area contributed by atoms with E-state index < -0.39 is 0 Å². The van der Waals surface area contributed by atoms with Crippen LogP contribution in [0.5, 0.6) is 5.75 Å². The van der Waals surface area contributed by atoms with E-state index >= 15 is 0 Å². The fourth-order valence-electron chi connectivity index (χ4n) is 1.38. The predicted octanol–water partition coefficient (Wildman–Crippen LogP) is 5.47. The summed E-state index contributed by atoms with van der Waals surface area (Å²) < 4.78 is 19.7. The average molecular weight is 350 g/mol. The van der Waals surface area contributed by atoms with Gasteiger partial charge in [0, 0.05) is 21.1 Å². The molecule has 0 saturated carbocycles.